The predicted molar refractivity (Wildman–Crippen MR) is 115 cm³/mol. The van der Waals surface area contributed by atoms with Crippen LogP contribution in [-0.4, -0.2) is 34.3 Å². The minimum atomic E-state index is -0.557. The highest BCUT2D eigenvalue weighted by Gasteiger charge is 2.39. The van der Waals surface area contributed by atoms with E-state index in [-0.39, 0.29) is 48.3 Å². The standard InChI is InChI=1S/C25H26N2O4/c1-15(2)23(16-6-4-3-5-7-16)26-24(30)17-8-10-20-18(12-17)14-27(25(20)31)21-11-9-19(28)13-22(21)29/h3-8,10,12,15,21,23H,9,11,13-14H2,1-2H3,(H,26,30)/t21?,23-/m0/s1. The van der Waals surface area contributed by atoms with Crippen LogP contribution in [-0.2, 0) is 16.1 Å². The van der Waals surface area contributed by atoms with Crippen LogP contribution in [0.4, 0.5) is 0 Å². The third-order valence-corrected chi connectivity index (χ3v) is 6.13. The Balaban J connectivity index is 1.52. The Morgan fingerprint density at radius 1 is 1.06 bits per heavy atom. The number of benzene rings is 2. The minimum Gasteiger partial charge on any atom is -0.345 e. The number of carbonyl (C=O) groups excluding carboxylic acids is 4. The average molecular weight is 418 g/mol. The lowest BCUT2D eigenvalue weighted by Gasteiger charge is -2.29. The molecular weight excluding hydrogens is 392 g/mol. The molecule has 31 heavy (non-hydrogen) atoms. The average Bonchev–Trinajstić information content (AvgIpc) is 3.08. The fourth-order valence-corrected chi connectivity index (χ4v) is 4.44. The van der Waals surface area contributed by atoms with Crippen molar-refractivity contribution in [2.24, 2.45) is 5.92 Å². The van der Waals surface area contributed by atoms with Gasteiger partial charge in [-0.05, 0) is 41.7 Å². The molecule has 2 atom stereocenters. The fraction of sp³-hybridized carbons (Fsp3) is 0.360. The predicted octanol–water partition coefficient (Wildman–Crippen LogP) is 3.46. The first-order valence-corrected chi connectivity index (χ1v) is 10.7. The molecule has 1 aliphatic heterocycles. The van der Waals surface area contributed by atoms with E-state index in [1.54, 1.807) is 23.1 Å². The number of nitrogens with zero attached hydrogens (tertiary/aromatic N) is 1. The van der Waals surface area contributed by atoms with Crippen LogP contribution in [0.25, 0.3) is 0 Å². The van der Waals surface area contributed by atoms with E-state index in [1.165, 1.54) is 0 Å². The summed E-state index contributed by atoms with van der Waals surface area (Å²) < 4.78 is 0. The van der Waals surface area contributed by atoms with Crippen molar-refractivity contribution in [3.05, 3.63) is 70.8 Å². The second kappa shape index (κ2) is 8.46. The molecule has 6 nitrogen and oxygen atoms in total. The van der Waals surface area contributed by atoms with Crippen LogP contribution in [0, 0.1) is 5.92 Å². The molecule has 6 heteroatoms. The van der Waals surface area contributed by atoms with Crippen LogP contribution < -0.4 is 5.32 Å². The van der Waals surface area contributed by atoms with Crippen molar-refractivity contribution in [2.75, 3.05) is 0 Å². The summed E-state index contributed by atoms with van der Waals surface area (Å²) in [5, 5.41) is 3.11. The van der Waals surface area contributed by atoms with Crippen LogP contribution in [0.3, 0.4) is 0 Å². The molecule has 0 aromatic heterocycles. The van der Waals surface area contributed by atoms with E-state index in [1.807, 2.05) is 30.3 Å². The number of fused-ring (bicyclic) bond motifs is 1. The van der Waals surface area contributed by atoms with E-state index >= 15 is 0 Å². The van der Waals surface area contributed by atoms with Crippen molar-refractivity contribution in [3.63, 3.8) is 0 Å². The third-order valence-electron chi connectivity index (χ3n) is 6.13. The fourth-order valence-electron chi connectivity index (χ4n) is 4.44. The molecule has 0 spiro atoms. The summed E-state index contributed by atoms with van der Waals surface area (Å²) in [5.74, 6) is -0.465. The number of nitrogens with one attached hydrogen (secondary N) is 1. The molecule has 160 valence electrons. The summed E-state index contributed by atoms with van der Waals surface area (Å²) in [7, 11) is 0. The van der Waals surface area contributed by atoms with Gasteiger partial charge < -0.3 is 10.2 Å². The van der Waals surface area contributed by atoms with Crippen molar-refractivity contribution < 1.29 is 19.2 Å². The van der Waals surface area contributed by atoms with Crippen molar-refractivity contribution in [3.8, 4) is 0 Å². The number of ketones is 2. The van der Waals surface area contributed by atoms with Gasteiger partial charge in [-0.3, -0.25) is 19.2 Å². The molecule has 2 aromatic rings. The van der Waals surface area contributed by atoms with E-state index in [9.17, 15) is 19.2 Å². The maximum absolute atomic E-state index is 13.0. The van der Waals surface area contributed by atoms with Crippen LogP contribution >= 0.6 is 0 Å². The molecule has 1 N–H and O–H groups in total. The Labute approximate surface area is 181 Å². The summed E-state index contributed by atoms with van der Waals surface area (Å²) in [4.78, 5) is 51.2. The van der Waals surface area contributed by atoms with Gasteiger partial charge in [-0.15, -0.1) is 0 Å². The van der Waals surface area contributed by atoms with Gasteiger partial charge in [0.1, 0.15) is 5.78 Å². The lowest BCUT2D eigenvalue weighted by Crippen LogP contribution is -2.44. The first-order chi connectivity index (χ1) is 14.8. The normalized spacial score (nSPS) is 19.5. The first-order valence-electron chi connectivity index (χ1n) is 10.7. The zero-order chi connectivity index (χ0) is 22.1. The summed E-state index contributed by atoms with van der Waals surface area (Å²) >= 11 is 0. The molecule has 1 aliphatic carbocycles. The molecule has 2 aliphatic rings. The topological polar surface area (TPSA) is 83.6 Å². The molecule has 2 amide bonds. The Bertz CT molecular complexity index is 1040. The molecule has 1 saturated carbocycles. The molecule has 0 bridgehead atoms. The molecule has 1 heterocycles. The summed E-state index contributed by atoms with van der Waals surface area (Å²) in [5.41, 5.74) is 2.78. The lowest BCUT2D eigenvalue weighted by atomic mass is 9.92. The molecule has 1 unspecified atom stereocenters. The van der Waals surface area contributed by atoms with E-state index in [2.05, 4.69) is 19.2 Å². The van der Waals surface area contributed by atoms with Crippen molar-refractivity contribution in [1.82, 2.24) is 10.2 Å². The highest BCUT2D eigenvalue weighted by atomic mass is 16.2. The van der Waals surface area contributed by atoms with Gasteiger partial charge in [-0.1, -0.05) is 44.2 Å². The Morgan fingerprint density at radius 2 is 1.81 bits per heavy atom. The van der Waals surface area contributed by atoms with E-state index in [0.29, 0.717) is 24.0 Å². The molecule has 2 aromatic carbocycles. The monoisotopic (exact) mass is 418 g/mol. The number of carbonyl (C=O) groups is 4. The van der Waals surface area contributed by atoms with Gasteiger partial charge in [-0.2, -0.15) is 0 Å². The highest BCUT2D eigenvalue weighted by molar-refractivity contribution is 6.08. The Hall–Kier alpha value is -3.28. The van der Waals surface area contributed by atoms with Gasteiger partial charge in [0, 0.05) is 24.1 Å². The molecule has 1 fully saturated rings. The van der Waals surface area contributed by atoms with Crippen molar-refractivity contribution in [2.45, 2.75) is 51.7 Å². The number of hydrogen-bond donors (Lipinski definition) is 1. The van der Waals surface area contributed by atoms with Gasteiger partial charge >= 0.3 is 0 Å². The summed E-state index contributed by atoms with van der Waals surface area (Å²) in [6, 6.07) is 14.2. The lowest BCUT2D eigenvalue weighted by molar-refractivity contribution is -0.133. The summed E-state index contributed by atoms with van der Waals surface area (Å²) in [6.07, 6.45) is 0.590. The molecule has 0 radical (unpaired) electrons. The van der Waals surface area contributed by atoms with Crippen LogP contribution in [0.15, 0.2) is 48.5 Å². The van der Waals surface area contributed by atoms with Crippen LogP contribution in [0.5, 0.6) is 0 Å². The van der Waals surface area contributed by atoms with Gasteiger partial charge in [-0.25, -0.2) is 0 Å². The van der Waals surface area contributed by atoms with Gasteiger partial charge in [0.05, 0.1) is 18.5 Å². The van der Waals surface area contributed by atoms with E-state index in [4.69, 9.17) is 0 Å². The van der Waals surface area contributed by atoms with Gasteiger partial charge in [0.25, 0.3) is 11.8 Å². The zero-order valence-electron chi connectivity index (χ0n) is 17.8. The second-order valence-corrected chi connectivity index (χ2v) is 8.65. The summed E-state index contributed by atoms with van der Waals surface area (Å²) in [6.45, 7) is 4.40. The van der Waals surface area contributed by atoms with Crippen LogP contribution in [0.1, 0.15) is 71.0 Å². The SMILES string of the molecule is CC(C)[C@H](NC(=O)c1ccc2c(c1)CN(C1CCC(=O)CC1=O)C2=O)c1ccccc1. The maximum atomic E-state index is 13.0. The van der Waals surface area contributed by atoms with Gasteiger partial charge in [0.15, 0.2) is 5.78 Å². The third kappa shape index (κ3) is 4.15. The molecule has 0 saturated heterocycles. The first kappa shape index (κ1) is 21.0. The number of hydrogen-bond acceptors (Lipinski definition) is 4. The number of rotatable bonds is 5. The molecular formula is C25H26N2O4. The second-order valence-electron chi connectivity index (χ2n) is 8.65. The maximum Gasteiger partial charge on any atom is 0.255 e. The molecule has 4 rings (SSSR count). The van der Waals surface area contributed by atoms with Crippen LogP contribution in [0.2, 0.25) is 0 Å². The van der Waals surface area contributed by atoms with Crippen molar-refractivity contribution in [1.29, 1.82) is 0 Å². The zero-order valence-corrected chi connectivity index (χ0v) is 17.8. The van der Waals surface area contributed by atoms with E-state index in [0.717, 1.165) is 11.1 Å². The largest absolute Gasteiger partial charge is 0.345 e. The Kier molecular flexibility index (Phi) is 5.72. The van der Waals surface area contributed by atoms with Crippen molar-refractivity contribution >= 4 is 23.4 Å². The smallest absolute Gasteiger partial charge is 0.255 e. The minimum absolute atomic E-state index is 0.0671. The number of amides is 2. The quantitative estimate of drug-likeness (QED) is 0.754. The van der Waals surface area contributed by atoms with Gasteiger partial charge in [0.2, 0.25) is 0 Å². The van der Waals surface area contributed by atoms with E-state index < -0.39 is 6.04 Å². The number of Topliss-reactive ketones (excluding diaryl/α,β-unsaturated/α-hetero) is 2. The Morgan fingerprint density at radius 3 is 2.48 bits per heavy atom. The highest BCUT2D eigenvalue weighted by Crippen LogP contribution is 2.30.